The maximum Gasteiger partial charge on any atom is 0.317 e. The molecule has 2 N–H and O–H groups in total. The highest BCUT2D eigenvalue weighted by Gasteiger charge is 2.44. The highest BCUT2D eigenvalue weighted by molar-refractivity contribution is 5.77. The third-order valence-corrected chi connectivity index (χ3v) is 5.46. The third kappa shape index (κ3) is 3.50. The number of rotatable bonds is 3. The van der Waals surface area contributed by atoms with Gasteiger partial charge in [0, 0.05) is 19.1 Å². The van der Waals surface area contributed by atoms with Gasteiger partial charge in [0.2, 0.25) is 0 Å². The van der Waals surface area contributed by atoms with Crippen LogP contribution >= 0.6 is 0 Å². The highest BCUT2D eigenvalue weighted by Crippen LogP contribution is 2.44. The minimum absolute atomic E-state index is 0.0516. The molecule has 1 heterocycles. The molecule has 3 aliphatic rings. The van der Waals surface area contributed by atoms with E-state index in [0.29, 0.717) is 31.5 Å². The molecule has 1 saturated heterocycles. The van der Waals surface area contributed by atoms with Crippen LogP contribution in [0.25, 0.3) is 0 Å². The second-order valence-electron chi connectivity index (χ2n) is 6.98. The van der Waals surface area contributed by atoms with Gasteiger partial charge in [-0.25, -0.2) is 4.79 Å². The number of carbonyl (C=O) groups excluding carboxylic acids is 1. The van der Waals surface area contributed by atoms with E-state index in [9.17, 15) is 9.59 Å². The number of likely N-dealkylation sites (tertiary alicyclic amines) is 1. The molecule has 3 atom stereocenters. The van der Waals surface area contributed by atoms with Crippen molar-refractivity contribution in [2.45, 2.75) is 57.4 Å². The Labute approximate surface area is 126 Å². The fourth-order valence-electron chi connectivity index (χ4n) is 4.08. The molecule has 118 valence electrons. The summed E-state index contributed by atoms with van der Waals surface area (Å²) in [5.74, 6) is 0.309. The van der Waals surface area contributed by atoms with Crippen molar-refractivity contribution in [1.82, 2.24) is 10.2 Å². The summed E-state index contributed by atoms with van der Waals surface area (Å²) in [6, 6.07) is 0.287. The Balaban J connectivity index is 1.45. The van der Waals surface area contributed by atoms with E-state index in [1.54, 1.807) is 4.90 Å². The Morgan fingerprint density at radius 1 is 1.05 bits per heavy atom. The number of carbonyl (C=O) groups is 2. The number of urea groups is 1. The summed E-state index contributed by atoms with van der Waals surface area (Å²) in [5.41, 5.74) is 0. The van der Waals surface area contributed by atoms with Crippen LogP contribution in [0.3, 0.4) is 0 Å². The zero-order valence-corrected chi connectivity index (χ0v) is 12.6. The fourth-order valence-corrected chi connectivity index (χ4v) is 4.08. The lowest BCUT2D eigenvalue weighted by Gasteiger charge is -2.31. The molecule has 5 nitrogen and oxygen atoms in total. The van der Waals surface area contributed by atoms with Gasteiger partial charge < -0.3 is 15.3 Å². The van der Waals surface area contributed by atoms with Gasteiger partial charge in [-0.15, -0.1) is 0 Å². The first-order valence-electron chi connectivity index (χ1n) is 8.43. The van der Waals surface area contributed by atoms with E-state index in [4.69, 9.17) is 5.11 Å². The van der Waals surface area contributed by atoms with Gasteiger partial charge in [-0.2, -0.15) is 0 Å². The Kier molecular flexibility index (Phi) is 4.36. The second-order valence-corrected chi connectivity index (χ2v) is 6.98. The SMILES string of the molecule is O=C(O)C1CCCN(C(=O)N[C@@H]2C[C@H]2C2CCCCC2)C1. The molecule has 1 unspecified atom stereocenters. The quantitative estimate of drug-likeness (QED) is 0.840. The number of hydrogen-bond acceptors (Lipinski definition) is 2. The van der Waals surface area contributed by atoms with Gasteiger partial charge in [0.1, 0.15) is 0 Å². The number of amides is 2. The van der Waals surface area contributed by atoms with Crippen molar-refractivity contribution in [1.29, 1.82) is 0 Å². The molecule has 1 aliphatic heterocycles. The van der Waals surface area contributed by atoms with Crippen molar-refractivity contribution in [3.05, 3.63) is 0 Å². The monoisotopic (exact) mass is 294 g/mol. The van der Waals surface area contributed by atoms with Crippen molar-refractivity contribution in [2.75, 3.05) is 13.1 Å². The minimum Gasteiger partial charge on any atom is -0.481 e. The molecule has 2 saturated carbocycles. The lowest BCUT2D eigenvalue weighted by molar-refractivity contribution is -0.143. The number of piperidine rings is 1. The minimum atomic E-state index is -0.779. The predicted molar refractivity (Wildman–Crippen MR) is 78.9 cm³/mol. The van der Waals surface area contributed by atoms with Crippen LogP contribution in [0.4, 0.5) is 4.79 Å². The molecule has 2 aliphatic carbocycles. The van der Waals surface area contributed by atoms with Gasteiger partial charge >= 0.3 is 12.0 Å². The van der Waals surface area contributed by atoms with E-state index in [1.165, 1.54) is 32.1 Å². The number of aliphatic carboxylic acids is 1. The lowest BCUT2D eigenvalue weighted by atomic mass is 9.85. The average molecular weight is 294 g/mol. The maximum absolute atomic E-state index is 12.3. The van der Waals surface area contributed by atoms with Crippen LogP contribution in [0.15, 0.2) is 0 Å². The molecule has 3 fully saturated rings. The van der Waals surface area contributed by atoms with Crippen molar-refractivity contribution in [2.24, 2.45) is 17.8 Å². The van der Waals surface area contributed by atoms with Crippen LogP contribution in [0.1, 0.15) is 51.4 Å². The number of nitrogens with zero attached hydrogens (tertiary/aromatic N) is 1. The van der Waals surface area contributed by atoms with E-state index < -0.39 is 11.9 Å². The zero-order valence-electron chi connectivity index (χ0n) is 12.6. The summed E-state index contributed by atoms with van der Waals surface area (Å²) in [5, 5.41) is 12.2. The smallest absolute Gasteiger partial charge is 0.317 e. The molecule has 0 bridgehead atoms. The number of hydrogen-bond donors (Lipinski definition) is 2. The number of nitrogens with one attached hydrogen (secondary N) is 1. The summed E-state index contributed by atoms with van der Waals surface area (Å²) in [4.78, 5) is 25.0. The molecule has 21 heavy (non-hydrogen) atoms. The van der Waals surface area contributed by atoms with Crippen LogP contribution in [0.2, 0.25) is 0 Å². The molecule has 3 rings (SSSR count). The van der Waals surface area contributed by atoms with Gasteiger partial charge in [0.15, 0.2) is 0 Å². The molecular formula is C16H26N2O3. The van der Waals surface area contributed by atoms with Gasteiger partial charge in [-0.3, -0.25) is 4.79 Å². The topological polar surface area (TPSA) is 69.6 Å². The number of carboxylic acids is 1. The van der Waals surface area contributed by atoms with E-state index in [-0.39, 0.29) is 6.03 Å². The van der Waals surface area contributed by atoms with Gasteiger partial charge in [-0.05, 0) is 31.1 Å². The first-order valence-corrected chi connectivity index (χ1v) is 8.43. The maximum atomic E-state index is 12.3. The molecule has 0 aromatic carbocycles. The van der Waals surface area contributed by atoms with E-state index in [1.807, 2.05) is 0 Å². The summed E-state index contributed by atoms with van der Waals surface area (Å²) in [6.45, 7) is 1.05. The summed E-state index contributed by atoms with van der Waals surface area (Å²) in [7, 11) is 0. The lowest BCUT2D eigenvalue weighted by Crippen LogP contribution is -2.48. The Hall–Kier alpha value is -1.26. The predicted octanol–water partition coefficient (Wildman–Crippen LogP) is 2.46. The molecular weight excluding hydrogens is 268 g/mol. The van der Waals surface area contributed by atoms with Crippen molar-refractivity contribution < 1.29 is 14.7 Å². The van der Waals surface area contributed by atoms with Crippen LogP contribution in [0.5, 0.6) is 0 Å². The highest BCUT2D eigenvalue weighted by atomic mass is 16.4. The van der Waals surface area contributed by atoms with E-state index in [2.05, 4.69) is 5.32 Å². The second kappa shape index (κ2) is 6.24. The summed E-state index contributed by atoms with van der Waals surface area (Å²) < 4.78 is 0. The normalized spacial score (nSPS) is 33.5. The standard InChI is InChI=1S/C16H26N2O3/c19-15(20)12-7-4-8-18(10-12)16(21)17-14-9-13(14)11-5-2-1-3-6-11/h11-14H,1-10H2,(H,17,21)(H,19,20)/t12?,13-,14+/m0/s1. The molecule has 0 aromatic rings. The first kappa shape index (κ1) is 14.7. The Morgan fingerprint density at radius 3 is 2.52 bits per heavy atom. The summed E-state index contributed by atoms with van der Waals surface area (Å²) >= 11 is 0. The largest absolute Gasteiger partial charge is 0.481 e. The number of carboxylic acid groups (broad SMARTS) is 1. The van der Waals surface area contributed by atoms with Crippen molar-refractivity contribution in [3.8, 4) is 0 Å². The average Bonchev–Trinajstić information content (AvgIpc) is 3.27. The molecule has 5 heteroatoms. The molecule has 2 amide bonds. The van der Waals surface area contributed by atoms with Crippen LogP contribution in [-0.4, -0.2) is 41.1 Å². The Bertz CT molecular complexity index is 406. The fraction of sp³-hybridized carbons (Fsp3) is 0.875. The van der Waals surface area contributed by atoms with Crippen molar-refractivity contribution in [3.63, 3.8) is 0 Å². The molecule has 0 spiro atoms. The van der Waals surface area contributed by atoms with Gasteiger partial charge in [0.05, 0.1) is 5.92 Å². The Morgan fingerprint density at radius 2 is 1.81 bits per heavy atom. The molecule has 0 aromatic heterocycles. The zero-order chi connectivity index (χ0) is 14.8. The van der Waals surface area contributed by atoms with Crippen LogP contribution < -0.4 is 5.32 Å². The first-order chi connectivity index (χ1) is 10.1. The van der Waals surface area contributed by atoms with Gasteiger partial charge in [0.25, 0.3) is 0 Å². The van der Waals surface area contributed by atoms with E-state index in [0.717, 1.165) is 18.8 Å². The van der Waals surface area contributed by atoms with E-state index >= 15 is 0 Å². The van der Waals surface area contributed by atoms with Gasteiger partial charge in [-0.1, -0.05) is 32.1 Å². The van der Waals surface area contributed by atoms with Crippen LogP contribution in [0, 0.1) is 17.8 Å². The van der Waals surface area contributed by atoms with Crippen LogP contribution in [-0.2, 0) is 4.79 Å². The molecule has 0 radical (unpaired) electrons. The van der Waals surface area contributed by atoms with Crippen molar-refractivity contribution >= 4 is 12.0 Å². The third-order valence-electron chi connectivity index (χ3n) is 5.46. The summed E-state index contributed by atoms with van der Waals surface area (Å²) in [6.07, 6.45) is 9.29.